The maximum Gasteiger partial charge on any atom is 0.226 e. The maximum absolute atomic E-state index is 11.9. The second kappa shape index (κ2) is 2.83. The van der Waals surface area contributed by atoms with Gasteiger partial charge in [-0.1, -0.05) is 13.8 Å². The minimum atomic E-state index is -3.83. The molecule has 4 nitrogen and oxygen atoms in total. The van der Waals surface area contributed by atoms with E-state index in [2.05, 4.69) is 0 Å². The first-order chi connectivity index (χ1) is 6.69. The average molecular weight is 230 g/mol. The molecule has 0 aromatic heterocycles. The Morgan fingerprint density at radius 1 is 1.47 bits per heavy atom. The zero-order valence-corrected chi connectivity index (χ0v) is 9.86. The number of fused-ring (bicyclic) bond motifs is 2. The van der Waals surface area contributed by atoms with Crippen LogP contribution in [0, 0.1) is 16.7 Å². The van der Waals surface area contributed by atoms with E-state index in [0.29, 0.717) is 18.8 Å². The van der Waals surface area contributed by atoms with Crippen LogP contribution in [0.2, 0.25) is 0 Å². The number of sulfonamides is 1. The summed E-state index contributed by atoms with van der Waals surface area (Å²) in [6.07, 6.45) is 2.07. The molecule has 5 heteroatoms. The summed E-state index contributed by atoms with van der Waals surface area (Å²) in [6.45, 7) is 3.95. The zero-order chi connectivity index (χ0) is 11.5. The second-order valence-corrected chi connectivity index (χ2v) is 6.94. The Morgan fingerprint density at radius 3 is 2.40 bits per heavy atom. The van der Waals surface area contributed by atoms with Crippen molar-refractivity contribution >= 4 is 15.8 Å². The molecular formula is C10H16NO3S. The van der Waals surface area contributed by atoms with E-state index in [1.807, 2.05) is 13.8 Å². The molecule has 2 fully saturated rings. The molecule has 0 aromatic carbocycles. The normalized spacial score (nSPS) is 38.6. The highest BCUT2D eigenvalue weighted by molar-refractivity contribution is 7.88. The first-order valence-corrected chi connectivity index (χ1v) is 6.85. The summed E-state index contributed by atoms with van der Waals surface area (Å²) in [7, 11) is -3.83. The Morgan fingerprint density at radius 2 is 2.07 bits per heavy atom. The van der Waals surface area contributed by atoms with Crippen molar-refractivity contribution in [2.75, 3.05) is 5.75 Å². The highest BCUT2D eigenvalue weighted by atomic mass is 32.2. The number of carbonyl (C=O) groups is 1. The van der Waals surface area contributed by atoms with Gasteiger partial charge in [0.2, 0.25) is 10.0 Å². The van der Waals surface area contributed by atoms with Crippen molar-refractivity contribution in [3.8, 4) is 0 Å². The number of nitrogens with one attached hydrogen (secondary N) is 1. The van der Waals surface area contributed by atoms with Crippen molar-refractivity contribution in [3.63, 3.8) is 0 Å². The van der Waals surface area contributed by atoms with E-state index < -0.39 is 15.4 Å². The minimum Gasteiger partial charge on any atom is -0.299 e. The summed E-state index contributed by atoms with van der Waals surface area (Å²) in [4.78, 5) is 11.9. The summed E-state index contributed by atoms with van der Waals surface area (Å²) in [5.41, 5.74) is -1.02. The third-order valence-electron chi connectivity index (χ3n) is 4.58. The molecule has 0 aliphatic heterocycles. The van der Waals surface area contributed by atoms with Crippen molar-refractivity contribution in [2.24, 2.45) is 16.7 Å². The SMILES string of the molecule is CC1(C)C2CCC1(CS([NH])(=O)=O)C(=O)C2. The maximum atomic E-state index is 11.9. The number of carbonyl (C=O) groups excluding carboxylic acids is 1. The summed E-state index contributed by atoms with van der Waals surface area (Å²) in [5.74, 6) is 0.0776. The van der Waals surface area contributed by atoms with E-state index >= 15 is 0 Å². The van der Waals surface area contributed by atoms with Crippen LogP contribution in [0.3, 0.4) is 0 Å². The average Bonchev–Trinajstić information content (AvgIpc) is 2.34. The Bertz CT molecular complexity index is 412. The van der Waals surface area contributed by atoms with Gasteiger partial charge in [-0.15, -0.1) is 5.14 Å². The van der Waals surface area contributed by atoms with Crippen LogP contribution in [0.5, 0.6) is 0 Å². The lowest BCUT2D eigenvalue weighted by Gasteiger charge is -2.35. The van der Waals surface area contributed by atoms with Gasteiger partial charge in [0.25, 0.3) is 0 Å². The standard InChI is InChI=1S/C10H16NO3S/c1-9(2)7-3-4-10(9,8(12)5-7)6-15(11,13)14/h7,11H,3-6H2,1-2H3. The third-order valence-corrected chi connectivity index (χ3v) is 5.45. The molecular weight excluding hydrogens is 214 g/mol. The van der Waals surface area contributed by atoms with E-state index in [9.17, 15) is 13.2 Å². The van der Waals surface area contributed by atoms with Crippen LogP contribution < -0.4 is 5.14 Å². The molecule has 1 radical (unpaired) electrons. The van der Waals surface area contributed by atoms with Crippen LogP contribution >= 0.6 is 0 Å². The van der Waals surface area contributed by atoms with Gasteiger partial charge in [-0.2, -0.15) is 0 Å². The Kier molecular flexibility index (Phi) is 2.09. The van der Waals surface area contributed by atoms with Crippen LogP contribution in [0.25, 0.3) is 0 Å². The molecule has 2 rings (SSSR count). The van der Waals surface area contributed by atoms with Crippen molar-refractivity contribution in [1.29, 1.82) is 0 Å². The molecule has 2 atom stereocenters. The lowest BCUT2D eigenvalue weighted by atomic mass is 9.70. The van der Waals surface area contributed by atoms with Crippen LogP contribution in [-0.4, -0.2) is 20.0 Å². The van der Waals surface area contributed by atoms with Crippen LogP contribution in [-0.2, 0) is 14.8 Å². The van der Waals surface area contributed by atoms with Gasteiger partial charge in [-0.3, -0.25) is 4.79 Å². The van der Waals surface area contributed by atoms with Crippen LogP contribution in [0.15, 0.2) is 0 Å². The van der Waals surface area contributed by atoms with Crippen LogP contribution in [0.4, 0.5) is 0 Å². The molecule has 85 valence electrons. The fourth-order valence-electron chi connectivity index (χ4n) is 3.43. The van der Waals surface area contributed by atoms with Crippen molar-refractivity contribution in [2.45, 2.75) is 33.1 Å². The predicted molar refractivity (Wildman–Crippen MR) is 55.4 cm³/mol. The summed E-state index contributed by atoms with van der Waals surface area (Å²) >= 11 is 0. The molecule has 2 aliphatic carbocycles. The monoisotopic (exact) mass is 230 g/mol. The molecule has 0 saturated heterocycles. The van der Waals surface area contributed by atoms with Crippen molar-refractivity contribution < 1.29 is 13.2 Å². The largest absolute Gasteiger partial charge is 0.299 e. The van der Waals surface area contributed by atoms with Crippen molar-refractivity contribution in [1.82, 2.24) is 5.14 Å². The zero-order valence-electron chi connectivity index (χ0n) is 9.04. The summed E-state index contributed by atoms with van der Waals surface area (Å²) in [6, 6.07) is 0. The van der Waals surface area contributed by atoms with Gasteiger partial charge in [0.05, 0.1) is 5.75 Å². The lowest BCUT2D eigenvalue weighted by molar-refractivity contribution is -0.128. The van der Waals surface area contributed by atoms with Gasteiger partial charge in [0.15, 0.2) is 0 Å². The Labute approximate surface area is 90.3 Å². The molecule has 0 aromatic rings. The number of hydrogen-bond acceptors (Lipinski definition) is 3. The molecule has 0 spiro atoms. The smallest absolute Gasteiger partial charge is 0.226 e. The van der Waals surface area contributed by atoms with Gasteiger partial charge in [0, 0.05) is 11.8 Å². The number of hydrogen-bond donors (Lipinski definition) is 0. The number of rotatable bonds is 2. The quantitative estimate of drug-likeness (QED) is 0.710. The van der Waals surface area contributed by atoms with E-state index in [4.69, 9.17) is 5.14 Å². The fourth-order valence-corrected chi connectivity index (χ4v) is 4.76. The first kappa shape index (κ1) is 11.1. The topological polar surface area (TPSA) is 75.0 Å². The van der Waals surface area contributed by atoms with E-state index in [-0.39, 0.29) is 17.0 Å². The molecule has 15 heavy (non-hydrogen) atoms. The molecule has 2 bridgehead atoms. The molecule has 2 saturated carbocycles. The van der Waals surface area contributed by atoms with E-state index in [1.54, 1.807) is 0 Å². The van der Waals surface area contributed by atoms with Gasteiger partial charge in [0.1, 0.15) is 5.78 Å². The molecule has 1 N–H and O–H groups in total. The van der Waals surface area contributed by atoms with Gasteiger partial charge < -0.3 is 0 Å². The number of ketones is 1. The number of Topliss-reactive ketones (excluding diaryl/α,β-unsaturated/α-hetero) is 1. The minimum absolute atomic E-state index is 0.0552. The fraction of sp³-hybridized carbons (Fsp3) is 0.900. The van der Waals surface area contributed by atoms with Gasteiger partial charge in [-0.05, 0) is 24.2 Å². The Balaban J connectivity index is 2.45. The highest BCUT2D eigenvalue weighted by Gasteiger charge is 2.65. The first-order valence-electron chi connectivity index (χ1n) is 5.20. The van der Waals surface area contributed by atoms with Gasteiger partial charge in [-0.25, -0.2) is 8.42 Å². The summed E-state index contributed by atoms with van der Waals surface area (Å²) in [5, 5.41) is 7.03. The highest BCUT2D eigenvalue weighted by Crippen LogP contribution is 2.64. The molecule has 0 heterocycles. The third kappa shape index (κ3) is 1.36. The Hall–Kier alpha value is -0.420. The lowest BCUT2D eigenvalue weighted by Crippen LogP contribution is -2.42. The summed E-state index contributed by atoms with van der Waals surface area (Å²) < 4.78 is 22.2. The van der Waals surface area contributed by atoms with E-state index in [1.165, 1.54) is 0 Å². The second-order valence-electron chi connectivity index (χ2n) is 5.43. The molecule has 2 aliphatic rings. The molecule has 2 unspecified atom stereocenters. The van der Waals surface area contributed by atoms with Gasteiger partial charge >= 0.3 is 0 Å². The van der Waals surface area contributed by atoms with Crippen LogP contribution in [0.1, 0.15) is 33.1 Å². The molecule has 0 amide bonds. The predicted octanol–water partition coefficient (Wildman–Crippen LogP) is 0.994. The van der Waals surface area contributed by atoms with Crippen molar-refractivity contribution in [3.05, 3.63) is 0 Å². The van der Waals surface area contributed by atoms with E-state index in [0.717, 1.165) is 6.42 Å².